The summed E-state index contributed by atoms with van der Waals surface area (Å²) in [5.41, 5.74) is 0. The van der Waals surface area contributed by atoms with Crippen LogP contribution in [0.25, 0.3) is 0 Å². The van der Waals surface area contributed by atoms with E-state index in [1.54, 1.807) is 0 Å². The zero-order valence-corrected chi connectivity index (χ0v) is 16.1. The first-order valence-electron chi connectivity index (χ1n) is 7.80. The molecule has 0 fully saturated rings. The lowest BCUT2D eigenvalue weighted by Crippen LogP contribution is -3.00. The summed E-state index contributed by atoms with van der Waals surface area (Å²) < 4.78 is 18.5. The number of nitrogens with zero attached hydrogens (tertiary/aromatic N) is 1. The van der Waals surface area contributed by atoms with Gasteiger partial charge in [0.25, 0.3) is 0 Å². The Labute approximate surface area is 137 Å². The summed E-state index contributed by atoms with van der Waals surface area (Å²) in [6, 6.07) is 0.864. The lowest BCUT2D eigenvalue weighted by atomic mass is 10.3. The van der Waals surface area contributed by atoms with E-state index < -0.39 is 8.80 Å². The summed E-state index contributed by atoms with van der Waals surface area (Å²) in [4.78, 5) is 0. The molecule has 5 nitrogen and oxygen atoms in total. The van der Waals surface area contributed by atoms with Gasteiger partial charge in [-0.05, 0) is 20.8 Å². The molecule has 0 aromatic rings. The molecule has 1 N–H and O–H groups in total. The van der Waals surface area contributed by atoms with Gasteiger partial charge in [0.15, 0.2) is 0 Å². The molecule has 21 heavy (non-hydrogen) atoms. The number of rotatable bonds is 13. The minimum Gasteiger partial charge on any atom is -1.00 e. The molecular weight excluding hydrogens is 310 g/mol. The molecule has 0 heterocycles. The number of quaternary nitrogens is 1. The number of hydrogen-bond acceptors (Lipinski definition) is 4. The fourth-order valence-electron chi connectivity index (χ4n) is 2.34. The van der Waals surface area contributed by atoms with Crippen molar-refractivity contribution in [2.24, 2.45) is 0 Å². The molecule has 0 atom stereocenters. The predicted molar refractivity (Wildman–Crippen MR) is 83.6 cm³/mol. The van der Waals surface area contributed by atoms with Crippen LogP contribution in [0.2, 0.25) is 6.04 Å². The van der Waals surface area contributed by atoms with Crippen molar-refractivity contribution in [1.82, 2.24) is 0 Å². The Morgan fingerprint density at radius 1 is 0.857 bits per heavy atom. The monoisotopic (exact) mass is 343 g/mol. The third kappa shape index (κ3) is 10.6. The summed E-state index contributed by atoms with van der Waals surface area (Å²) in [6.45, 7) is 10.2. The van der Waals surface area contributed by atoms with Crippen molar-refractivity contribution >= 4 is 8.80 Å². The first-order chi connectivity index (χ1) is 9.45. The van der Waals surface area contributed by atoms with Crippen molar-refractivity contribution in [2.45, 2.75) is 39.7 Å². The maximum Gasteiger partial charge on any atom is 0.501 e. The quantitative estimate of drug-likeness (QED) is 0.340. The zero-order chi connectivity index (χ0) is 15.5. The lowest BCUT2D eigenvalue weighted by Gasteiger charge is -2.32. The molecule has 0 unspecified atom stereocenters. The topological polar surface area (TPSA) is 47.9 Å². The second-order valence-corrected chi connectivity index (χ2v) is 8.28. The Hall–Kier alpha value is 0.307. The van der Waals surface area contributed by atoms with Crippen molar-refractivity contribution < 1.29 is 35.3 Å². The van der Waals surface area contributed by atoms with Crippen LogP contribution in [-0.2, 0) is 13.3 Å². The number of aliphatic hydroxyl groups is 1. The van der Waals surface area contributed by atoms with Crippen molar-refractivity contribution in [3.05, 3.63) is 0 Å². The summed E-state index contributed by atoms with van der Waals surface area (Å²) in [6.07, 6.45) is 1.86. The van der Waals surface area contributed by atoms with Crippen molar-refractivity contribution in [2.75, 3.05) is 53.6 Å². The lowest BCUT2D eigenvalue weighted by molar-refractivity contribution is -0.890. The average molecular weight is 344 g/mol. The van der Waals surface area contributed by atoms with Crippen molar-refractivity contribution in [1.29, 1.82) is 0 Å². The Bertz CT molecular complexity index is 228. The molecule has 0 spiro atoms. The highest BCUT2D eigenvalue weighted by molar-refractivity contribution is 6.60. The van der Waals surface area contributed by atoms with Gasteiger partial charge in [-0.3, -0.25) is 0 Å². The second kappa shape index (κ2) is 12.8. The maximum atomic E-state index is 8.93. The second-order valence-electron chi connectivity index (χ2n) is 5.55. The van der Waals surface area contributed by atoms with Gasteiger partial charge < -0.3 is 35.3 Å². The van der Waals surface area contributed by atoms with Gasteiger partial charge in [-0.15, -0.1) is 0 Å². The van der Waals surface area contributed by atoms with Gasteiger partial charge >= 0.3 is 8.80 Å². The molecule has 0 rings (SSSR count). The molecule has 7 heteroatoms. The average Bonchev–Trinajstić information content (AvgIpc) is 2.37. The van der Waals surface area contributed by atoms with E-state index in [4.69, 9.17) is 18.4 Å². The standard InChI is InChI=1S/C14H34NO4Si.ClH/c1-6-17-20(18-7-2,19-8-3)14-10-12-15(4,5)11-9-13-16;/h16H,6-14H2,1-5H3;1H/q+1;/p-1. The fourth-order valence-corrected chi connectivity index (χ4v) is 4.93. The molecular formula is C14H34ClNO4Si. The number of hydrogen-bond donors (Lipinski definition) is 1. The molecule has 0 aromatic heterocycles. The summed E-state index contributed by atoms with van der Waals surface area (Å²) >= 11 is 0. The molecule has 0 aromatic carbocycles. The Morgan fingerprint density at radius 2 is 1.29 bits per heavy atom. The van der Waals surface area contributed by atoms with Crippen molar-refractivity contribution in [3.8, 4) is 0 Å². The van der Waals surface area contributed by atoms with E-state index in [2.05, 4.69) is 14.1 Å². The van der Waals surface area contributed by atoms with Gasteiger partial charge in [0.2, 0.25) is 0 Å². The highest BCUT2D eigenvalue weighted by Gasteiger charge is 2.40. The van der Waals surface area contributed by atoms with Crippen LogP contribution in [0.4, 0.5) is 0 Å². The van der Waals surface area contributed by atoms with Gasteiger partial charge in [0.1, 0.15) is 0 Å². The van der Waals surface area contributed by atoms with Gasteiger partial charge in [0, 0.05) is 45.3 Å². The van der Waals surface area contributed by atoms with Crippen LogP contribution < -0.4 is 12.4 Å². The van der Waals surface area contributed by atoms with Crippen LogP contribution in [0.3, 0.4) is 0 Å². The van der Waals surface area contributed by atoms with E-state index in [1.807, 2.05) is 20.8 Å². The predicted octanol–water partition coefficient (Wildman–Crippen LogP) is -1.11. The summed E-state index contributed by atoms with van der Waals surface area (Å²) in [5.74, 6) is 0. The number of aliphatic hydroxyl groups excluding tert-OH is 1. The minimum absolute atomic E-state index is 0. The fraction of sp³-hybridized carbons (Fsp3) is 1.00. The van der Waals surface area contributed by atoms with Crippen LogP contribution in [0.1, 0.15) is 33.6 Å². The zero-order valence-electron chi connectivity index (χ0n) is 14.4. The third-order valence-corrected chi connectivity index (χ3v) is 6.41. The Balaban J connectivity index is 0. The summed E-state index contributed by atoms with van der Waals surface area (Å²) in [5, 5.41) is 8.93. The molecule has 0 saturated carbocycles. The van der Waals surface area contributed by atoms with Crippen LogP contribution in [-0.4, -0.2) is 72.0 Å². The smallest absolute Gasteiger partial charge is 0.501 e. The van der Waals surface area contributed by atoms with Crippen LogP contribution in [0.5, 0.6) is 0 Å². The van der Waals surface area contributed by atoms with E-state index >= 15 is 0 Å². The molecule has 0 radical (unpaired) electrons. The van der Waals surface area contributed by atoms with E-state index in [0.717, 1.165) is 36.5 Å². The Morgan fingerprint density at radius 3 is 1.67 bits per heavy atom. The van der Waals surface area contributed by atoms with Gasteiger partial charge in [-0.25, -0.2) is 0 Å². The van der Waals surface area contributed by atoms with Gasteiger partial charge in [-0.2, -0.15) is 0 Å². The molecule has 130 valence electrons. The van der Waals surface area contributed by atoms with Crippen LogP contribution >= 0.6 is 0 Å². The van der Waals surface area contributed by atoms with E-state index in [1.165, 1.54) is 0 Å². The third-order valence-electron chi connectivity index (χ3n) is 3.26. The molecule has 0 bridgehead atoms. The maximum absolute atomic E-state index is 8.93. The molecule has 0 amide bonds. The SMILES string of the molecule is CCO[Si](CCC[N+](C)(C)CCCO)(OCC)OCC.[Cl-]. The molecule has 0 aliphatic carbocycles. The molecule has 0 saturated heterocycles. The number of halogens is 1. The highest BCUT2D eigenvalue weighted by atomic mass is 35.5. The molecule has 0 aliphatic rings. The Kier molecular flexibility index (Phi) is 14.4. The minimum atomic E-state index is -2.49. The van der Waals surface area contributed by atoms with E-state index in [0.29, 0.717) is 19.8 Å². The van der Waals surface area contributed by atoms with Crippen LogP contribution in [0, 0.1) is 0 Å². The largest absolute Gasteiger partial charge is 1.00 e. The summed E-state index contributed by atoms with van der Waals surface area (Å²) in [7, 11) is 1.90. The highest BCUT2D eigenvalue weighted by Crippen LogP contribution is 2.19. The first-order valence-corrected chi connectivity index (χ1v) is 9.73. The normalized spacial score (nSPS) is 12.3. The molecule has 0 aliphatic heterocycles. The van der Waals surface area contributed by atoms with Crippen molar-refractivity contribution in [3.63, 3.8) is 0 Å². The first kappa shape index (κ1) is 23.6. The van der Waals surface area contributed by atoms with Gasteiger partial charge in [-0.1, -0.05) is 0 Å². The van der Waals surface area contributed by atoms with E-state index in [9.17, 15) is 0 Å². The van der Waals surface area contributed by atoms with E-state index in [-0.39, 0.29) is 19.0 Å². The van der Waals surface area contributed by atoms with Gasteiger partial charge in [0.05, 0.1) is 27.2 Å². The van der Waals surface area contributed by atoms with Crippen LogP contribution in [0.15, 0.2) is 0 Å².